The minimum atomic E-state index is -4.46. The Labute approximate surface area is 70.4 Å². The highest BCUT2D eigenvalue weighted by Gasteiger charge is 2.33. The summed E-state index contributed by atoms with van der Waals surface area (Å²) in [6, 6.07) is 0. The Morgan fingerprint density at radius 2 is 1.91 bits per heavy atom. The molecule has 1 nitrogen and oxygen atoms in total. The molecule has 0 saturated heterocycles. The van der Waals surface area contributed by atoms with E-state index in [1.54, 1.807) is 0 Å². The molecule has 0 aromatic carbocycles. The van der Waals surface area contributed by atoms with E-state index in [4.69, 9.17) is 0 Å². The van der Waals surface area contributed by atoms with E-state index in [-0.39, 0.29) is 4.61 Å². The zero-order valence-corrected chi connectivity index (χ0v) is 7.04. The molecule has 0 amide bonds. The van der Waals surface area contributed by atoms with Crippen LogP contribution in [0.1, 0.15) is 0 Å². The summed E-state index contributed by atoms with van der Waals surface area (Å²) < 4.78 is 35.4. The van der Waals surface area contributed by atoms with E-state index in [0.29, 0.717) is 6.08 Å². The number of alkyl halides is 3. The maximum absolute atomic E-state index is 11.8. The van der Waals surface area contributed by atoms with E-state index in [1.807, 2.05) is 0 Å². The van der Waals surface area contributed by atoms with Crippen molar-refractivity contribution in [1.29, 1.82) is 0 Å². The molecule has 0 fully saturated rings. The van der Waals surface area contributed by atoms with Gasteiger partial charge in [-0.05, 0) is 22.0 Å². The lowest BCUT2D eigenvalue weighted by atomic mass is 10.3. The molecule has 0 aromatic rings. The van der Waals surface area contributed by atoms with Gasteiger partial charge in [0.1, 0.15) is 5.71 Å². The smallest absolute Gasteiger partial charge is 0.237 e. The average Bonchev–Trinajstić information content (AvgIpc) is 1.79. The standard InChI is InChI=1S/C6H5BrF3N/c1-3-5(6(8,9)10)11-4(2)7/h3H,1-2H2/b11-5+. The van der Waals surface area contributed by atoms with Gasteiger partial charge in [0.15, 0.2) is 0 Å². The fraction of sp³-hybridized carbons (Fsp3) is 0.167. The van der Waals surface area contributed by atoms with Gasteiger partial charge in [0, 0.05) is 0 Å². The van der Waals surface area contributed by atoms with E-state index in [1.165, 1.54) is 0 Å². The predicted octanol–water partition coefficient (Wildman–Crippen LogP) is 3.04. The van der Waals surface area contributed by atoms with Crippen LogP contribution in [-0.2, 0) is 0 Å². The number of allylic oxidation sites excluding steroid dienone is 1. The van der Waals surface area contributed by atoms with E-state index in [2.05, 4.69) is 34.1 Å². The second-order valence-electron chi connectivity index (χ2n) is 1.58. The van der Waals surface area contributed by atoms with Crippen LogP contribution in [0.3, 0.4) is 0 Å². The van der Waals surface area contributed by atoms with Crippen molar-refractivity contribution in [3.63, 3.8) is 0 Å². The van der Waals surface area contributed by atoms with E-state index in [9.17, 15) is 13.2 Å². The minimum Gasteiger partial charge on any atom is -0.237 e. The number of hydrogen-bond donors (Lipinski definition) is 0. The second kappa shape index (κ2) is 3.71. The van der Waals surface area contributed by atoms with Crippen LogP contribution in [0.2, 0.25) is 0 Å². The van der Waals surface area contributed by atoms with Crippen LogP contribution in [0.15, 0.2) is 28.8 Å². The fourth-order valence-electron chi connectivity index (χ4n) is 0.355. The fourth-order valence-corrected chi connectivity index (χ4v) is 0.546. The van der Waals surface area contributed by atoms with Gasteiger partial charge in [0.2, 0.25) is 0 Å². The molecule has 0 saturated carbocycles. The molecule has 5 heteroatoms. The topological polar surface area (TPSA) is 12.4 Å². The quantitative estimate of drug-likeness (QED) is 0.508. The normalized spacial score (nSPS) is 12.9. The second-order valence-corrected chi connectivity index (χ2v) is 2.49. The lowest BCUT2D eigenvalue weighted by Crippen LogP contribution is -2.20. The van der Waals surface area contributed by atoms with Gasteiger partial charge < -0.3 is 0 Å². The van der Waals surface area contributed by atoms with Crippen molar-refractivity contribution >= 4 is 21.6 Å². The Morgan fingerprint density at radius 1 is 1.45 bits per heavy atom. The van der Waals surface area contributed by atoms with Gasteiger partial charge in [-0.1, -0.05) is 13.2 Å². The molecule has 0 spiro atoms. The molecular weight excluding hydrogens is 223 g/mol. The maximum Gasteiger partial charge on any atom is 0.433 e. The Balaban J connectivity index is 4.68. The molecule has 0 bridgehead atoms. The summed E-state index contributed by atoms with van der Waals surface area (Å²) in [5.74, 6) is 0. The third-order valence-electron chi connectivity index (χ3n) is 0.726. The summed E-state index contributed by atoms with van der Waals surface area (Å²) in [6.07, 6.45) is -3.83. The lowest BCUT2D eigenvalue weighted by molar-refractivity contribution is -0.0576. The van der Waals surface area contributed by atoms with Crippen molar-refractivity contribution in [2.75, 3.05) is 0 Å². The first-order valence-electron chi connectivity index (χ1n) is 2.50. The minimum absolute atomic E-state index is 0.0790. The van der Waals surface area contributed by atoms with Gasteiger partial charge in [0.05, 0.1) is 4.61 Å². The van der Waals surface area contributed by atoms with Crippen molar-refractivity contribution in [2.45, 2.75) is 6.18 Å². The van der Waals surface area contributed by atoms with Crippen LogP contribution in [0.25, 0.3) is 0 Å². The molecule has 0 aliphatic rings. The van der Waals surface area contributed by atoms with Crippen LogP contribution in [0, 0.1) is 0 Å². The molecule has 0 N–H and O–H groups in total. The lowest BCUT2D eigenvalue weighted by Gasteiger charge is -2.04. The average molecular weight is 228 g/mol. The highest BCUT2D eigenvalue weighted by atomic mass is 79.9. The van der Waals surface area contributed by atoms with Gasteiger partial charge in [-0.25, -0.2) is 4.99 Å². The van der Waals surface area contributed by atoms with Crippen LogP contribution < -0.4 is 0 Å². The summed E-state index contributed by atoms with van der Waals surface area (Å²) >= 11 is 2.68. The number of halogens is 4. The predicted molar refractivity (Wildman–Crippen MR) is 41.8 cm³/mol. The first-order chi connectivity index (χ1) is 4.88. The molecular formula is C6H5BrF3N. The van der Waals surface area contributed by atoms with Gasteiger partial charge >= 0.3 is 6.18 Å². The van der Waals surface area contributed by atoms with Crippen LogP contribution >= 0.6 is 15.9 Å². The monoisotopic (exact) mass is 227 g/mol. The van der Waals surface area contributed by atoms with Crippen LogP contribution in [0.4, 0.5) is 13.2 Å². The summed E-state index contributed by atoms with van der Waals surface area (Å²) in [4.78, 5) is 3.06. The molecule has 0 unspecified atom stereocenters. The number of hydrogen-bond acceptors (Lipinski definition) is 1. The van der Waals surface area contributed by atoms with Crippen molar-refractivity contribution in [1.82, 2.24) is 0 Å². The molecule has 0 aromatic heterocycles. The third-order valence-corrected chi connectivity index (χ3v) is 0.903. The largest absolute Gasteiger partial charge is 0.433 e. The van der Waals surface area contributed by atoms with Crippen molar-refractivity contribution < 1.29 is 13.2 Å². The van der Waals surface area contributed by atoms with E-state index >= 15 is 0 Å². The zero-order chi connectivity index (χ0) is 9.07. The first kappa shape index (κ1) is 10.4. The number of rotatable bonds is 2. The first-order valence-corrected chi connectivity index (χ1v) is 3.30. The summed E-state index contributed by atoms with van der Waals surface area (Å²) in [5.41, 5.74) is -1.06. The summed E-state index contributed by atoms with van der Waals surface area (Å²) in [5, 5.41) is 0. The number of aliphatic imine (C=N–C) groups is 1. The van der Waals surface area contributed by atoms with Crippen molar-refractivity contribution in [2.24, 2.45) is 4.99 Å². The number of nitrogens with zero attached hydrogens (tertiary/aromatic N) is 1. The molecule has 62 valence electrons. The zero-order valence-electron chi connectivity index (χ0n) is 5.45. The van der Waals surface area contributed by atoms with E-state index in [0.717, 1.165) is 0 Å². The Morgan fingerprint density at radius 3 is 2.00 bits per heavy atom. The van der Waals surface area contributed by atoms with Crippen molar-refractivity contribution in [3.8, 4) is 0 Å². The molecule has 0 atom stereocenters. The van der Waals surface area contributed by atoms with E-state index < -0.39 is 11.9 Å². The molecule has 0 rings (SSSR count). The van der Waals surface area contributed by atoms with Crippen molar-refractivity contribution in [3.05, 3.63) is 23.8 Å². The van der Waals surface area contributed by atoms with Gasteiger partial charge in [0.25, 0.3) is 0 Å². The Bertz CT molecular complexity index is 204. The summed E-state index contributed by atoms with van der Waals surface area (Å²) in [6.45, 7) is 6.11. The Kier molecular flexibility index (Phi) is 3.51. The van der Waals surface area contributed by atoms with Crippen LogP contribution in [-0.4, -0.2) is 11.9 Å². The maximum atomic E-state index is 11.8. The SMILES string of the molecule is C=C/C(=N\C(=C)Br)C(F)(F)F. The van der Waals surface area contributed by atoms with Gasteiger partial charge in [-0.2, -0.15) is 13.2 Å². The Hall–Kier alpha value is -0.580. The molecule has 0 heterocycles. The molecule has 0 aliphatic carbocycles. The summed E-state index contributed by atoms with van der Waals surface area (Å²) in [7, 11) is 0. The van der Waals surface area contributed by atoms with Gasteiger partial charge in [-0.3, -0.25) is 0 Å². The molecule has 0 radical (unpaired) electrons. The third kappa shape index (κ3) is 3.98. The molecule has 0 aliphatic heterocycles. The van der Waals surface area contributed by atoms with Crippen LogP contribution in [0.5, 0.6) is 0 Å². The molecule has 11 heavy (non-hydrogen) atoms. The highest BCUT2D eigenvalue weighted by molar-refractivity contribution is 9.11. The van der Waals surface area contributed by atoms with Gasteiger partial charge in [-0.15, -0.1) is 0 Å². The highest BCUT2D eigenvalue weighted by Crippen LogP contribution is 2.20.